The Bertz CT molecular complexity index is 882. The van der Waals surface area contributed by atoms with Crippen LogP contribution in [0.4, 0.5) is 5.95 Å². The molecule has 0 saturated heterocycles. The van der Waals surface area contributed by atoms with Crippen LogP contribution in [-0.4, -0.2) is 29.2 Å². The lowest BCUT2D eigenvalue weighted by molar-refractivity contribution is 0.602. The molecule has 2 N–H and O–H groups in total. The first kappa shape index (κ1) is 14.0. The minimum Gasteiger partial charge on any atom is -0.369 e. The highest BCUT2D eigenvalue weighted by Crippen LogP contribution is 2.25. The van der Waals surface area contributed by atoms with E-state index in [-0.39, 0.29) is 4.90 Å². The average molecular weight is 322 g/mol. The van der Waals surface area contributed by atoms with Crippen molar-refractivity contribution in [3.63, 3.8) is 0 Å². The van der Waals surface area contributed by atoms with Crippen molar-refractivity contribution in [2.45, 2.75) is 17.9 Å². The van der Waals surface area contributed by atoms with Crippen molar-refractivity contribution < 1.29 is 8.42 Å². The van der Waals surface area contributed by atoms with Crippen molar-refractivity contribution in [2.24, 2.45) is 0 Å². The Morgan fingerprint density at radius 1 is 1.38 bits per heavy atom. The number of nitrogen functional groups attached to an aromatic ring is 1. The van der Waals surface area contributed by atoms with E-state index in [0.29, 0.717) is 18.0 Å². The van der Waals surface area contributed by atoms with Gasteiger partial charge < -0.3 is 10.3 Å². The quantitative estimate of drug-likeness (QED) is 0.790. The summed E-state index contributed by atoms with van der Waals surface area (Å²) >= 11 is 1.54. The second-order valence-electron chi connectivity index (χ2n) is 4.75. The smallest absolute Gasteiger partial charge is 0.201 e. The summed E-state index contributed by atoms with van der Waals surface area (Å²) in [6.45, 7) is 0.610. The summed E-state index contributed by atoms with van der Waals surface area (Å²) in [5.41, 5.74) is 9.87. The van der Waals surface area contributed by atoms with Gasteiger partial charge in [-0.2, -0.15) is 0 Å². The number of imidazole rings is 1. The normalized spacial score (nSPS) is 12.0. The Hall–Kier alpha value is -1.93. The van der Waals surface area contributed by atoms with E-state index in [0.717, 1.165) is 17.6 Å². The lowest BCUT2D eigenvalue weighted by atomic mass is 10.3. The van der Waals surface area contributed by atoms with Gasteiger partial charge in [0.2, 0.25) is 5.95 Å². The number of fused-ring (bicyclic) bond motifs is 1. The maximum Gasteiger partial charge on any atom is 0.201 e. The fourth-order valence-corrected chi connectivity index (χ4v) is 3.68. The Morgan fingerprint density at radius 3 is 2.86 bits per heavy atom. The summed E-state index contributed by atoms with van der Waals surface area (Å²) < 4.78 is 25.4. The largest absolute Gasteiger partial charge is 0.369 e. The zero-order valence-electron chi connectivity index (χ0n) is 11.4. The third-order valence-corrected chi connectivity index (χ3v) is 5.01. The molecule has 0 unspecified atom stereocenters. The number of aryl methyl sites for hydroxylation is 2. The van der Waals surface area contributed by atoms with Crippen LogP contribution in [0.25, 0.3) is 11.0 Å². The predicted molar refractivity (Wildman–Crippen MR) is 83.1 cm³/mol. The lowest BCUT2D eigenvalue weighted by Crippen LogP contribution is -2.05. The van der Waals surface area contributed by atoms with E-state index >= 15 is 0 Å². The molecule has 0 aliphatic carbocycles. The van der Waals surface area contributed by atoms with Gasteiger partial charge in [0.05, 0.1) is 21.6 Å². The van der Waals surface area contributed by atoms with Crippen LogP contribution >= 0.6 is 11.3 Å². The van der Waals surface area contributed by atoms with Crippen molar-refractivity contribution >= 4 is 38.2 Å². The molecule has 2 aromatic heterocycles. The number of sulfone groups is 1. The van der Waals surface area contributed by atoms with Gasteiger partial charge in [-0.3, -0.25) is 0 Å². The van der Waals surface area contributed by atoms with E-state index in [9.17, 15) is 8.42 Å². The summed E-state index contributed by atoms with van der Waals surface area (Å²) in [6, 6.07) is 5.09. The molecule has 1 aromatic carbocycles. The van der Waals surface area contributed by atoms with Crippen LogP contribution in [0.3, 0.4) is 0 Å². The highest BCUT2D eigenvalue weighted by molar-refractivity contribution is 7.91. The molecular weight excluding hydrogens is 308 g/mol. The number of hydrogen-bond donors (Lipinski definition) is 1. The molecule has 0 aliphatic heterocycles. The SMILES string of the molecule is CS(=O)(=O)c1cccc2c1nc(N)n2CCc1cscn1. The zero-order valence-corrected chi connectivity index (χ0v) is 13.0. The van der Waals surface area contributed by atoms with Crippen LogP contribution in [0.5, 0.6) is 0 Å². The first-order chi connectivity index (χ1) is 9.97. The van der Waals surface area contributed by atoms with Gasteiger partial charge >= 0.3 is 0 Å². The van der Waals surface area contributed by atoms with Crippen molar-refractivity contribution in [1.82, 2.24) is 14.5 Å². The predicted octanol–water partition coefficient (Wildman–Crippen LogP) is 1.72. The Kier molecular flexibility index (Phi) is 3.42. The highest BCUT2D eigenvalue weighted by Gasteiger charge is 2.17. The number of rotatable bonds is 4. The highest BCUT2D eigenvalue weighted by atomic mass is 32.2. The zero-order chi connectivity index (χ0) is 15.0. The van der Waals surface area contributed by atoms with Crippen LogP contribution in [-0.2, 0) is 22.8 Å². The molecule has 21 heavy (non-hydrogen) atoms. The number of hydrogen-bond acceptors (Lipinski definition) is 6. The maximum absolute atomic E-state index is 11.8. The maximum atomic E-state index is 11.8. The molecule has 0 bridgehead atoms. The van der Waals surface area contributed by atoms with Gasteiger partial charge in [-0.25, -0.2) is 18.4 Å². The van der Waals surface area contributed by atoms with Crippen molar-refractivity contribution in [2.75, 3.05) is 12.0 Å². The topological polar surface area (TPSA) is 90.9 Å². The molecule has 0 saturated carbocycles. The molecule has 0 spiro atoms. The lowest BCUT2D eigenvalue weighted by Gasteiger charge is -2.05. The van der Waals surface area contributed by atoms with Crippen molar-refractivity contribution in [3.8, 4) is 0 Å². The van der Waals surface area contributed by atoms with Gasteiger partial charge in [0.15, 0.2) is 9.84 Å². The summed E-state index contributed by atoms with van der Waals surface area (Å²) in [6.07, 6.45) is 1.90. The number of para-hydroxylation sites is 1. The summed E-state index contributed by atoms with van der Waals surface area (Å²) in [5.74, 6) is 0.316. The molecular formula is C13H14N4O2S2. The number of nitrogens with zero attached hydrogens (tertiary/aromatic N) is 3. The molecule has 0 aliphatic rings. The van der Waals surface area contributed by atoms with E-state index in [1.54, 1.807) is 29.0 Å². The fraction of sp³-hybridized carbons (Fsp3) is 0.231. The fourth-order valence-electron chi connectivity index (χ4n) is 2.26. The number of anilines is 1. The monoisotopic (exact) mass is 322 g/mol. The number of aromatic nitrogens is 3. The van der Waals surface area contributed by atoms with E-state index in [1.807, 2.05) is 16.0 Å². The Balaban J connectivity index is 2.05. The molecule has 0 atom stereocenters. The molecule has 3 rings (SSSR count). The molecule has 3 aromatic rings. The third kappa shape index (κ3) is 2.64. The van der Waals surface area contributed by atoms with Crippen LogP contribution in [0, 0.1) is 0 Å². The molecule has 2 heterocycles. The van der Waals surface area contributed by atoms with Gasteiger partial charge in [0, 0.05) is 24.6 Å². The number of benzene rings is 1. The van der Waals surface area contributed by atoms with Gasteiger partial charge in [0.25, 0.3) is 0 Å². The summed E-state index contributed by atoms with van der Waals surface area (Å²) in [7, 11) is -3.33. The molecule has 110 valence electrons. The number of nitrogens with two attached hydrogens (primary N) is 1. The standard InChI is InChI=1S/C13H14N4O2S2/c1-21(18,19)11-4-2-3-10-12(11)16-13(14)17(10)6-5-9-7-20-8-15-9/h2-4,7-8H,5-6H2,1H3,(H2,14,16). The first-order valence-electron chi connectivity index (χ1n) is 6.28. The summed E-state index contributed by atoms with van der Waals surface area (Å²) in [4.78, 5) is 8.66. The van der Waals surface area contributed by atoms with Crippen LogP contribution in [0.15, 0.2) is 34.0 Å². The minimum absolute atomic E-state index is 0.208. The van der Waals surface area contributed by atoms with Crippen LogP contribution < -0.4 is 5.73 Å². The number of thiazole rings is 1. The van der Waals surface area contributed by atoms with Gasteiger partial charge in [-0.1, -0.05) is 6.07 Å². The molecule has 0 amide bonds. The van der Waals surface area contributed by atoms with E-state index in [2.05, 4.69) is 9.97 Å². The van der Waals surface area contributed by atoms with Crippen molar-refractivity contribution in [3.05, 3.63) is 34.8 Å². The second-order valence-corrected chi connectivity index (χ2v) is 7.45. The van der Waals surface area contributed by atoms with E-state index < -0.39 is 9.84 Å². The van der Waals surface area contributed by atoms with Gasteiger partial charge in [0.1, 0.15) is 5.52 Å². The first-order valence-corrected chi connectivity index (χ1v) is 9.12. The summed E-state index contributed by atoms with van der Waals surface area (Å²) in [5, 5.41) is 1.98. The minimum atomic E-state index is -3.33. The Labute approximate surface area is 126 Å². The molecule has 0 radical (unpaired) electrons. The van der Waals surface area contributed by atoms with E-state index in [4.69, 9.17) is 5.73 Å². The third-order valence-electron chi connectivity index (χ3n) is 3.25. The Morgan fingerprint density at radius 2 is 2.19 bits per heavy atom. The molecule has 6 nitrogen and oxygen atoms in total. The van der Waals surface area contributed by atoms with Gasteiger partial charge in [-0.15, -0.1) is 11.3 Å². The van der Waals surface area contributed by atoms with Gasteiger partial charge in [-0.05, 0) is 12.1 Å². The molecule has 8 heteroatoms. The van der Waals surface area contributed by atoms with Crippen LogP contribution in [0.1, 0.15) is 5.69 Å². The second kappa shape index (κ2) is 5.12. The van der Waals surface area contributed by atoms with Crippen LogP contribution in [0.2, 0.25) is 0 Å². The van der Waals surface area contributed by atoms with Crippen molar-refractivity contribution in [1.29, 1.82) is 0 Å². The van der Waals surface area contributed by atoms with E-state index in [1.165, 1.54) is 6.26 Å². The average Bonchev–Trinajstić information content (AvgIpc) is 3.01. The molecule has 0 fully saturated rings.